The van der Waals surface area contributed by atoms with Gasteiger partial charge in [-0.05, 0) is 11.4 Å². The fraction of sp³-hybridized carbons (Fsp3) is 0.600. The van der Waals surface area contributed by atoms with Gasteiger partial charge in [-0.2, -0.15) is 0 Å². The Kier molecular flexibility index (Phi) is 6.76. The van der Waals surface area contributed by atoms with Gasteiger partial charge in [0.05, 0.1) is 13.2 Å². The topological polar surface area (TPSA) is 73.9 Å². The van der Waals surface area contributed by atoms with Crippen molar-refractivity contribution in [3.8, 4) is 0 Å². The van der Waals surface area contributed by atoms with Crippen LogP contribution in [0.25, 0.3) is 0 Å². The molecule has 0 amide bonds. The van der Waals surface area contributed by atoms with Crippen LogP contribution in [-0.4, -0.2) is 42.6 Å². The molecular formula is C10H17NO5S2. The van der Waals surface area contributed by atoms with Crippen molar-refractivity contribution in [1.29, 1.82) is 0 Å². The predicted octanol–water partition coefficient (Wildman–Crippen LogP) is 0.793. The van der Waals surface area contributed by atoms with Crippen LogP contribution in [-0.2, 0) is 30.8 Å². The van der Waals surface area contributed by atoms with E-state index in [2.05, 4.69) is 4.72 Å². The molecule has 8 heteroatoms. The minimum Gasteiger partial charge on any atom is -0.383 e. The molecule has 0 unspecified atom stereocenters. The Balaban J connectivity index is 2.67. The molecule has 0 aliphatic heterocycles. The molecule has 1 aromatic rings. The lowest BCUT2D eigenvalue weighted by Gasteiger charge is -2.07. The van der Waals surface area contributed by atoms with Crippen LogP contribution in [0.15, 0.2) is 15.7 Å². The van der Waals surface area contributed by atoms with Crippen LogP contribution in [0.4, 0.5) is 0 Å². The molecule has 0 spiro atoms. The van der Waals surface area contributed by atoms with E-state index in [1.165, 1.54) is 14.2 Å². The highest BCUT2D eigenvalue weighted by atomic mass is 32.2. The first-order chi connectivity index (χ1) is 8.61. The average Bonchev–Trinajstić information content (AvgIpc) is 2.79. The number of hydrogen-bond acceptors (Lipinski definition) is 6. The molecule has 0 saturated carbocycles. The van der Waals surface area contributed by atoms with Crippen LogP contribution in [0.5, 0.6) is 0 Å². The van der Waals surface area contributed by atoms with Crippen LogP contribution >= 0.6 is 11.3 Å². The Hall–Kier alpha value is -0.510. The Morgan fingerprint density at radius 2 is 2.11 bits per heavy atom. The summed E-state index contributed by atoms with van der Waals surface area (Å²) < 4.78 is 41.4. The first kappa shape index (κ1) is 15.5. The molecule has 0 aromatic carbocycles. The van der Waals surface area contributed by atoms with Gasteiger partial charge in [0.15, 0.2) is 0 Å². The van der Waals surface area contributed by atoms with E-state index in [1.54, 1.807) is 11.4 Å². The fourth-order valence-electron chi connectivity index (χ4n) is 1.24. The van der Waals surface area contributed by atoms with E-state index in [-0.39, 0.29) is 24.2 Å². The highest BCUT2D eigenvalue weighted by Gasteiger charge is 2.19. The van der Waals surface area contributed by atoms with E-state index in [4.69, 9.17) is 14.2 Å². The fourth-order valence-corrected chi connectivity index (χ4v) is 3.68. The molecular weight excluding hydrogens is 278 g/mol. The summed E-state index contributed by atoms with van der Waals surface area (Å²) in [4.78, 5) is 0. The highest BCUT2D eigenvalue weighted by Crippen LogP contribution is 2.23. The molecule has 0 aliphatic carbocycles. The van der Waals surface area contributed by atoms with E-state index in [0.29, 0.717) is 12.2 Å². The number of methoxy groups -OCH3 is 2. The minimum absolute atomic E-state index is 0.131. The summed E-state index contributed by atoms with van der Waals surface area (Å²) in [5, 5.41) is 1.72. The van der Waals surface area contributed by atoms with Gasteiger partial charge in [-0.25, -0.2) is 13.1 Å². The Morgan fingerprint density at radius 1 is 1.33 bits per heavy atom. The van der Waals surface area contributed by atoms with E-state index in [0.717, 1.165) is 11.3 Å². The van der Waals surface area contributed by atoms with Crippen molar-refractivity contribution in [3.63, 3.8) is 0 Å². The van der Waals surface area contributed by atoms with Gasteiger partial charge in [0.2, 0.25) is 10.0 Å². The van der Waals surface area contributed by atoms with Crippen molar-refractivity contribution in [3.05, 3.63) is 17.0 Å². The van der Waals surface area contributed by atoms with Crippen molar-refractivity contribution in [2.24, 2.45) is 0 Å². The summed E-state index contributed by atoms with van der Waals surface area (Å²) in [5.41, 5.74) is 0.627. The molecule has 1 N–H and O–H groups in total. The predicted molar refractivity (Wildman–Crippen MR) is 68.0 cm³/mol. The Labute approximate surface area is 111 Å². The molecule has 0 atom stereocenters. The molecule has 1 heterocycles. The molecule has 0 fully saturated rings. The number of nitrogens with one attached hydrogen (secondary N) is 1. The Morgan fingerprint density at radius 3 is 2.78 bits per heavy atom. The monoisotopic (exact) mass is 295 g/mol. The first-order valence-electron chi connectivity index (χ1n) is 5.23. The van der Waals surface area contributed by atoms with Gasteiger partial charge in [0.1, 0.15) is 11.0 Å². The van der Waals surface area contributed by atoms with Crippen molar-refractivity contribution in [1.82, 2.24) is 4.72 Å². The molecule has 0 aliphatic rings. The number of thiophene rings is 1. The SMILES string of the molecule is COCCNS(=O)(=O)c1sccc1COCOC. The second-order valence-electron chi connectivity index (χ2n) is 3.38. The van der Waals surface area contributed by atoms with Gasteiger partial charge in [0, 0.05) is 26.3 Å². The number of hydrogen-bond donors (Lipinski definition) is 1. The number of sulfonamides is 1. The summed E-state index contributed by atoms with van der Waals surface area (Å²) in [6, 6.07) is 1.73. The quantitative estimate of drug-likeness (QED) is 0.538. The zero-order chi connectivity index (χ0) is 13.4. The van der Waals surface area contributed by atoms with Gasteiger partial charge in [-0.1, -0.05) is 0 Å². The largest absolute Gasteiger partial charge is 0.383 e. The van der Waals surface area contributed by atoms with Crippen LogP contribution in [0.1, 0.15) is 5.56 Å². The summed E-state index contributed by atoms with van der Waals surface area (Å²) in [5.74, 6) is 0. The van der Waals surface area contributed by atoms with Gasteiger partial charge >= 0.3 is 0 Å². The number of ether oxygens (including phenoxy) is 3. The van der Waals surface area contributed by atoms with Crippen molar-refractivity contribution >= 4 is 21.4 Å². The van der Waals surface area contributed by atoms with Gasteiger partial charge < -0.3 is 14.2 Å². The zero-order valence-corrected chi connectivity index (χ0v) is 12.0. The van der Waals surface area contributed by atoms with Gasteiger partial charge in [0.25, 0.3) is 0 Å². The standard InChI is InChI=1S/C10H17NO5S2/c1-14-5-4-11-18(12,13)10-9(3-6-17-10)7-16-8-15-2/h3,6,11H,4-5,7-8H2,1-2H3. The lowest BCUT2D eigenvalue weighted by molar-refractivity contribution is -0.0395. The molecule has 0 bridgehead atoms. The smallest absolute Gasteiger partial charge is 0.250 e. The zero-order valence-electron chi connectivity index (χ0n) is 10.3. The summed E-state index contributed by atoms with van der Waals surface area (Å²) in [6.07, 6.45) is 0. The molecule has 6 nitrogen and oxygen atoms in total. The Bertz CT molecular complexity index is 443. The van der Waals surface area contributed by atoms with Crippen LogP contribution in [0, 0.1) is 0 Å². The van der Waals surface area contributed by atoms with Gasteiger partial charge in [-0.15, -0.1) is 11.3 Å². The molecule has 18 heavy (non-hydrogen) atoms. The van der Waals surface area contributed by atoms with Crippen LogP contribution < -0.4 is 4.72 Å². The van der Waals surface area contributed by atoms with E-state index in [9.17, 15) is 8.42 Å². The second-order valence-corrected chi connectivity index (χ2v) is 6.26. The normalized spacial score (nSPS) is 11.9. The molecule has 1 aromatic heterocycles. The third kappa shape index (κ3) is 4.63. The lowest BCUT2D eigenvalue weighted by atomic mass is 10.4. The summed E-state index contributed by atoms with van der Waals surface area (Å²) in [6.45, 7) is 0.916. The van der Waals surface area contributed by atoms with E-state index >= 15 is 0 Å². The molecule has 104 valence electrons. The second kappa shape index (κ2) is 7.82. The van der Waals surface area contributed by atoms with Crippen molar-refractivity contribution in [2.75, 3.05) is 34.2 Å². The maximum absolute atomic E-state index is 12.0. The van der Waals surface area contributed by atoms with E-state index in [1.807, 2.05) is 0 Å². The summed E-state index contributed by atoms with van der Waals surface area (Å²) in [7, 11) is -0.460. The maximum Gasteiger partial charge on any atom is 0.250 e. The third-order valence-electron chi connectivity index (χ3n) is 2.01. The maximum atomic E-state index is 12.0. The number of rotatable bonds is 9. The first-order valence-corrected chi connectivity index (χ1v) is 7.59. The van der Waals surface area contributed by atoms with Crippen molar-refractivity contribution < 1.29 is 22.6 Å². The average molecular weight is 295 g/mol. The van der Waals surface area contributed by atoms with E-state index < -0.39 is 10.0 Å². The van der Waals surface area contributed by atoms with Crippen LogP contribution in [0.2, 0.25) is 0 Å². The van der Waals surface area contributed by atoms with Crippen molar-refractivity contribution in [2.45, 2.75) is 10.8 Å². The highest BCUT2D eigenvalue weighted by molar-refractivity contribution is 7.91. The molecule has 0 radical (unpaired) electrons. The third-order valence-corrected chi connectivity index (χ3v) is 5.04. The molecule has 1 rings (SSSR count). The lowest BCUT2D eigenvalue weighted by Crippen LogP contribution is -2.27. The minimum atomic E-state index is -3.49. The van der Waals surface area contributed by atoms with Gasteiger partial charge in [-0.3, -0.25) is 0 Å². The summed E-state index contributed by atoms with van der Waals surface area (Å²) >= 11 is 1.16. The molecule has 0 saturated heterocycles. The van der Waals surface area contributed by atoms with Crippen LogP contribution in [0.3, 0.4) is 0 Å².